The summed E-state index contributed by atoms with van der Waals surface area (Å²) in [5.41, 5.74) is 0.956. The lowest BCUT2D eigenvalue weighted by Crippen LogP contribution is -2.25. The topological polar surface area (TPSA) is 26.9 Å². The molecule has 0 amide bonds. The van der Waals surface area contributed by atoms with Gasteiger partial charge in [-0.05, 0) is 25.5 Å². The minimum Gasteiger partial charge on any atom is -0.297 e. The maximum Gasteiger partial charge on any atom is 0.328 e. The Balaban J connectivity index is 2.32. The van der Waals surface area contributed by atoms with Gasteiger partial charge >= 0.3 is 5.69 Å². The average molecular weight is 251 g/mol. The summed E-state index contributed by atoms with van der Waals surface area (Å²) in [6.07, 6.45) is 3.61. The zero-order valence-corrected chi connectivity index (χ0v) is 10.7. The number of hydrogen-bond acceptors (Lipinski definition) is 1. The van der Waals surface area contributed by atoms with Crippen LogP contribution in [-0.2, 0) is 6.54 Å². The van der Waals surface area contributed by atoms with Gasteiger partial charge in [-0.3, -0.25) is 9.13 Å². The molecule has 17 heavy (non-hydrogen) atoms. The Labute approximate surface area is 105 Å². The lowest BCUT2D eigenvalue weighted by atomic mass is 10.2. The Morgan fingerprint density at radius 2 is 1.94 bits per heavy atom. The highest BCUT2D eigenvalue weighted by molar-refractivity contribution is 6.31. The van der Waals surface area contributed by atoms with Crippen LogP contribution in [0.5, 0.6) is 0 Å². The Hall–Kier alpha value is -1.48. The molecule has 0 unspecified atom stereocenters. The average Bonchev–Trinajstić information content (AvgIpc) is 2.64. The van der Waals surface area contributed by atoms with Crippen molar-refractivity contribution < 1.29 is 0 Å². The Kier molecular flexibility index (Phi) is 3.38. The largest absolute Gasteiger partial charge is 0.328 e. The van der Waals surface area contributed by atoms with Gasteiger partial charge in [0.25, 0.3) is 0 Å². The fraction of sp³-hybridized carbons (Fsp3) is 0.308. The first-order valence-electron chi connectivity index (χ1n) is 5.60. The summed E-state index contributed by atoms with van der Waals surface area (Å²) in [4.78, 5) is 12.0. The normalized spacial score (nSPS) is 11.1. The second-order valence-corrected chi connectivity index (χ2v) is 4.71. The molecule has 0 aliphatic heterocycles. The van der Waals surface area contributed by atoms with Gasteiger partial charge in [0.2, 0.25) is 0 Å². The standard InChI is InChI=1S/C13H15ClN2O/c1-10(2)16-8-7-15(13(16)17)9-11-5-3-4-6-12(11)14/h3-8,10H,9H2,1-2H3. The Bertz CT molecular complexity index is 569. The number of nitrogens with zero attached hydrogens (tertiary/aromatic N) is 2. The van der Waals surface area contributed by atoms with E-state index in [9.17, 15) is 4.79 Å². The van der Waals surface area contributed by atoms with Crippen LogP contribution in [0.15, 0.2) is 41.5 Å². The molecular weight excluding hydrogens is 236 g/mol. The van der Waals surface area contributed by atoms with Crippen molar-refractivity contribution in [3.8, 4) is 0 Å². The van der Waals surface area contributed by atoms with Crippen LogP contribution in [-0.4, -0.2) is 9.13 Å². The van der Waals surface area contributed by atoms with Crippen molar-refractivity contribution >= 4 is 11.6 Å². The van der Waals surface area contributed by atoms with Crippen LogP contribution in [0.25, 0.3) is 0 Å². The van der Waals surface area contributed by atoms with Crippen LogP contribution >= 0.6 is 11.6 Å². The summed E-state index contributed by atoms with van der Waals surface area (Å²) in [7, 11) is 0. The quantitative estimate of drug-likeness (QED) is 0.823. The molecule has 0 atom stereocenters. The van der Waals surface area contributed by atoms with Crippen molar-refractivity contribution in [1.82, 2.24) is 9.13 Å². The summed E-state index contributed by atoms with van der Waals surface area (Å²) in [5, 5.41) is 0.691. The van der Waals surface area contributed by atoms with Gasteiger partial charge in [0.1, 0.15) is 0 Å². The molecule has 0 aliphatic rings. The van der Waals surface area contributed by atoms with Crippen molar-refractivity contribution in [2.75, 3.05) is 0 Å². The minimum atomic E-state index is -0.0000743. The van der Waals surface area contributed by atoms with E-state index in [1.54, 1.807) is 15.3 Å². The molecule has 0 bridgehead atoms. The number of rotatable bonds is 3. The van der Waals surface area contributed by atoms with Gasteiger partial charge in [-0.1, -0.05) is 29.8 Å². The number of imidazole rings is 1. The van der Waals surface area contributed by atoms with Crippen LogP contribution in [0, 0.1) is 0 Å². The van der Waals surface area contributed by atoms with Crippen LogP contribution < -0.4 is 5.69 Å². The van der Waals surface area contributed by atoms with Gasteiger partial charge in [0, 0.05) is 23.5 Å². The highest BCUT2D eigenvalue weighted by Crippen LogP contribution is 2.15. The molecule has 0 saturated heterocycles. The molecule has 0 N–H and O–H groups in total. The molecule has 0 spiro atoms. The summed E-state index contributed by atoms with van der Waals surface area (Å²) in [6.45, 7) is 4.49. The molecule has 1 heterocycles. The van der Waals surface area contributed by atoms with E-state index in [2.05, 4.69) is 0 Å². The van der Waals surface area contributed by atoms with E-state index in [1.807, 2.05) is 44.3 Å². The lowest BCUT2D eigenvalue weighted by Gasteiger charge is -2.06. The molecule has 3 nitrogen and oxygen atoms in total. The third-order valence-electron chi connectivity index (χ3n) is 2.73. The van der Waals surface area contributed by atoms with Crippen LogP contribution in [0.2, 0.25) is 5.02 Å². The van der Waals surface area contributed by atoms with E-state index in [-0.39, 0.29) is 11.7 Å². The SMILES string of the molecule is CC(C)n1ccn(Cc2ccccc2Cl)c1=O. The number of aromatic nitrogens is 2. The molecule has 90 valence electrons. The van der Waals surface area contributed by atoms with Crippen molar-refractivity contribution in [3.05, 3.63) is 57.7 Å². The Morgan fingerprint density at radius 3 is 2.53 bits per heavy atom. The molecule has 1 aromatic carbocycles. The maximum absolute atomic E-state index is 12.0. The summed E-state index contributed by atoms with van der Waals surface area (Å²) < 4.78 is 3.37. The Morgan fingerprint density at radius 1 is 1.24 bits per heavy atom. The molecular formula is C13H15ClN2O. The smallest absolute Gasteiger partial charge is 0.297 e. The molecule has 1 aromatic heterocycles. The zero-order chi connectivity index (χ0) is 12.4. The maximum atomic E-state index is 12.0. The predicted molar refractivity (Wildman–Crippen MR) is 69.6 cm³/mol. The molecule has 0 radical (unpaired) electrons. The van der Waals surface area contributed by atoms with Crippen molar-refractivity contribution in [2.45, 2.75) is 26.4 Å². The minimum absolute atomic E-state index is 0.0000743. The fourth-order valence-electron chi connectivity index (χ4n) is 1.75. The van der Waals surface area contributed by atoms with Crippen molar-refractivity contribution in [2.24, 2.45) is 0 Å². The summed E-state index contributed by atoms with van der Waals surface area (Å²) in [6, 6.07) is 7.75. The van der Waals surface area contributed by atoms with Gasteiger partial charge in [-0.15, -0.1) is 0 Å². The highest BCUT2D eigenvalue weighted by Gasteiger charge is 2.07. The molecule has 2 rings (SSSR count). The molecule has 2 aromatic rings. The zero-order valence-electron chi connectivity index (χ0n) is 9.93. The predicted octanol–water partition coefficient (Wildman–Crippen LogP) is 2.93. The van der Waals surface area contributed by atoms with E-state index in [4.69, 9.17) is 11.6 Å². The van der Waals surface area contributed by atoms with Crippen LogP contribution in [0.4, 0.5) is 0 Å². The highest BCUT2D eigenvalue weighted by atomic mass is 35.5. The van der Waals surface area contributed by atoms with E-state index in [0.29, 0.717) is 11.6 Å². The van der Waals surface area contributed by atoms with E-state index >= 15 is 0 Å². The van der Waals surface area contributed by atoms with Crippen LogP contribution in [0.1, 0.15) is 25.5 Å². The first-order chi connectivity index (χ1) is 8.09. The van der Waals surface area contributed by atoms with Crippen molar-refractivity contribution in [1.29, 1.82) is 0 Å². The van der Waals surface area contributed by atoms with Crippen LogP contribution in [0.3, 0.4) is 0 Å². The van der Waals surface area contributed by atoms with Gasteiger partial charge < -0.3 is 0 Å². The third kappa shape index (κ3) is 2.44. The van der Waals surface area contributed by atoms with E-state index in [1.165, 1.54) is 0 Å². The number of halogens is 1. The summed E-state index contributed by atoms with van der Waals surface area (Å²) >= 11 is 6.07. The molecule has 0 fully saturated rings. The van der Waals surface area contributed by atoms with Gasteiger partial charge in [-0.2, -0.15) is 0 Å². The number of hydrogen-bond donors (Lipinski definition) is 0. The molecule has 0 saturated carbocycles. The van der Waals surface area contributed by atoms with E-state index in [0.717, 1.165) is 5.56 Å². The monoisotopic (exact) mass is 250 g/mol. The second kappa shape index (κ2) is 4.80. The second-order valence-electron chi connectivity index (χ2n) is 4.30. The van der Waals surface area contributed by atoms with Gasteiger partial charge in [0.15, 0.2) is 0 Å². The van der Waals surface area contributed by atoms with E-state index < -0.39 is 0 Å². The first-order valence-corrected chi connectivity index (χ1v) is 5.98. The summed E-state index contributed by atoms with van der Waals surface area (Å²) in [5.74, 6) is 0. The first kappa shape index (κ1) is 12.0. The number of benzene rings is 1. The molecule has 0 aliphatic carbocycles. The van der Waals surface area contributed by atoms with Gasteiger partial charge in [0.05, 0.1) is 6.54 Å². The third-order valence-corrected chi connectivity index (χ3v) is 3.10. The van der Waals surface area contributed by atoms with Gasteiger partial charge in [-0.25, -0.2) is 4.79 Å². The van der Waals surface area contributed by atoms with Crippen molar-refractivity contribution in [3.63, 3.8) is 0 Å². The lowest BCUT2D eigenvalue weighted by molar-refractivity contribution is 0.561. The fourth-order valence-corrected chi connectivity index (χ4v) is 1.95. The molecule has 4 heteroatoms.